The summed E-state index contributed by atoms with van der Waals surface area (Å²) in [5.41, 5.74) is 0.739. The second kappa shape index (κ2) is 8.18. The summed E-state index contributed by atoms with van der Waals surface area (Å²) in [5.74, 6) is 1.01. The number of hydrogen-bond donors (Lipinski definition) is 1. The van der Waals surface area contributed by atoms with Gasteiger partial charge in [-0.15, -0.1) is 0 Å². The molecule has 0 spiro atoms. The van der Waals surface area contributed by atoms with Gasteiger partial charge in [-0.1, -0.05) is 27.5 Å². The fourth-order valence-corrected chi connectivity index (χ4v) is 3.47. The van der Waals surface area contributed by atoms with Crippen LogP contribution in [0.2, 0.25) is 5.02 Å². The van der Waals surface area contributed by atoms with Crippen molar-refractivity contribution < 1.29 is 12.8 Å². The van der Waals surface area contributed by atoms with Crippen molar-refractivity contribution in [3.63, 3.8) is 0 Å². The van der Waals surface area contributed by atoms with E-state index in [1.807, 2.05) is 0 Å². The molecule has 0 saturated heterocycles. The molecule has 0 radical (unpaired) electrons. The molecule has 1 N–H and O–H groups in total. The molecule has 0 bridgehead atoms. The van der Waals surface area contributed by atoms with E-state index < -0.39 is 10.0 Å². The van der Waals surface area contributed by atoms with Crippen LogP contribution in [0.3, 0.4) is 0 Å². The van der Waals surface area contributed by atoms with E-state index in [4.69, 9.17) is 16.0 Å². The van der Waals surface area contributed by atoms with Crippen molar-refractivity contribution in [3.8, 4) is 0 Å². The molecule has 2 aromatic carbocycles. The summed E-state index contributed by atoms with van der Waals surface area (Å²) in [7, 11) is -3.60. The third-order valence-electron chi connectivity index (χ3n) is 3.41. The molecule has 0 atom stereocenters. The van der Waals surface area contributed by atoms with Crippen LogP contribution in [0.4, 0.5) is 5.69 Å². The van der Waals surface area contributed by atoms with E-state index in [1.54, 1.807) is 54.7 Å². The molecule has 0 saturated carbocycles. The summed E-state index contributed by atoms with van der Waals surface area (Å²) in [5, 5.41) is 0.641. The molecule has 0 unspecified atom stereocenters. The van der Waals surface area contributed by atoms with Gasteiger partial charge in [0.05, 0.1) is 23.3 Å². The van der Waals surface area contributed by atoms with Crippen molar-refractivity contribution in [1.82, 2.24) is 4.72 Å². The number of hydrogen-bond acceptors (Lipinski definition) is 4. The lowest BCUT2D eigenvalue weighted by molar-refractivity contribution is 0.494. The van der Waals surface area contributed by atoms with Gasteiger partial charge in [0.25, 0.3) is 0 Å². The maximum Gasteiger partial charge on any atom is 0.240 e. The van der Waals surface area contributed by atoms with Crippen LogP contribution < -0.4 is 4.72 Å². The molecule has 0 aliphatic heterocycles. The van der Waals surface area contributed by atoms with Gasteiger partial charge < -0.3 is 4.42 Å². The Kier molecular flexibility index (Phi) is 5.93. The summed E-state index contributed by atoms with van der Waals surface area (Å²) in [6, 6.07) is 16.9. The molecule has 1 aromatic heterocycles. The lowest BCUT2D eigenvalue weighted by Crippen LogP contribution is -2.22. The highest BCUT2D eigenvalue weighted by molar-refractivity contribution is 9.10. The van der Waals surface area contributed by atoms with Crippen LogP contribution in [0.1, 0.15) is 11.5 Å². The largest absolute Gasteiger partial charge is 0.459 e. The Balaban J connectivity index is 1.63. The van der Waals surface area contributed by atoms with E-state index >= 15 is 0 Å². The van der Waals surface area contributed by atoms with Gasteiger partial charge in [0.1, 0.15) is 11.5 Å². The molecule has 8 heteroatoms. The minimum Gasteiger partial charge on any atom is -0.459 e. The minimum absolute atomic E-state index is 0.0488. The van der Waals surface area contributed by atoms with Gasteiger partial charge in [0, 0.05) is 9.50 Å². The molecule has 3 rings (SSSR count). The highest BCUT2D eigenvalue weighted by atomic mass is 79.9. The van der Waals surface area contributed by atoms with Gasteiger partial charge >= 0.3 is 0 Å². The first-order valence-corrected chi connectivity index (χ1v) is 10.2. The standard InChI is InChI=1S/C18H14BrClN2O3S/c19-13-1-9-18(10-2-13)26(23,24)22-12-17-8-7-16(25-17)11-21-15-5-3-14(20)4-6-15/h1-11,22H,12H2. The smallest absolute Gasteiger partial charge is 0.240 e. The quantitative estimate of drug-likeness (QED) is 0.538. The molecule has 134 valence electrons. The van der Waals surface area contributed by atoms with Crippen LogP contribution >= 0.6 is 27.5 Å². The Morgan fingerprint density at radius 3 is 2.42 bits per heavy atom. The van der Waals surface area contributed by atoms with E-state index in [1.165, 1.54) is 12.1 Å². The van der Waals surface area contributed by atoms with Gasteiger partial charge in [-0.05, 0) is 60.7 Å². The summed E-state index contributed by atoms with van der Waals surface area (Å²) >= 11 is 9.10. The van der Waals surface area contributed by atoms with Crippen molar-refractivity contribution >= 4 is 49.5 Å². The predicted molar refractivity (Wildman–Crippen MR) is 106 cm³/mol. The van der Waals surface area contributed by atoms with Gasteiger partial charge in [0.2, 0.25) is 10.0 Å². The Labute approximate surface area is 164 Å². The Bertz CT molecular complexity index is 1010. The number of aliphatic imine (C=N–C) groups is 1. The van der Waals surface area contributed by atoms with Crippen LogP contribution in [-0.2, 0) is 16.6 Å². The molecular weight excluding hydrogens is 440 g/mol. The Morgan fingerprint density at radius 1 is 1.04 bits per heavy atom. The van der Waals surface area contributed by atoms with E-state index in [9.17, 15) is 8.42 Å². The van der Waals surface area contributed by atoms with Gasteiger partial charge in [0.15, 0.2) is 0 Å². The summed E-state index contributed by atoms with van der Waals surface area (Å²) in [6.45, 7) is 0.0488. The van der Waals surface area contributed by atoms with Crippen LogP contribution in [0.5, 0.6) is 0 Å². The van der Waals surface area contributed by atoms with Gasteiger partial charge in [-0.2, -0.15) is 0 Å². The summed E-state index contributed by atoms with van der Waals surface area (Å²) in [6.07, 6.45) is 1.57. The third kappa shape index (κ3) is 5.04. The molecule has 3 aromatic rings. The Hall–Kier alpha value is -1.93. The van der Waals surface area contributed by atoms with Crippen LogP contribution in [0.15, 0.2) is 79.4 Å². The first-order chi connectivity index (χ1) is 12.4. The van der Waals surface area contributed by atoms with Crippen molar-refractivity contribution in [2.75, 3.05) is 0 Å². The zero-order chi connectivity index (χ0) is 18.6. The molecule has 0 aliphatic carbocycles. The average Bonchev–Trinajstić information content (AvgIpc) is 3.08. The van der Waals surface area contributed by atoms with E-state index in [0.717, 1.165) is 10.2 Å². The number of halogens is 2. The SMILES string of the molecule is O=S(=O)(NCc1ccc(C=Nc2ccc(Cl)cc2)o1)c1ccc(Br)cc1. The lowest BCUT2D eigenvalue weighted by atomic mass is 10.3. The van der Waals surface area contributed by atoms with E-state index in [2.05, 4.69) is 25.6 Å². The predicted octanol–water partition coefficient (Wildman–Crippen LogP) is 4.92. The number of nitrogens with zero attached hydrogens (tertiary/aromatic N) is 1. The molecule has 26 heavy (non-hydrogen) atoms. The van der Waals surface area contributed by atoms with Crippen molar-refractivity contribution in [3.05, 3.63) is 81.7 Å². The second-order valence-corrected chi connectivity index (χ2v) is 8.44. The van der Waals surface area contributed by atoms with Gasteiger partial charge in [-0.25, -0.2) is 13.1 Å². The zero-order valence-corrected chi connectivity index (χ0v) is 16.6. The van der Waals surface area contributed by atoms with E-state index in [0.29, 0.717) is 16.5 Å². The molecule has 0 fully saturated rings. The molecule has 1 heterocycles. The molecule has 0 amide bonds. The van der Waals surface area contributed by atoms with Gasteiger partial charge in [-0.3, -0.25) is 4.99 Å². The first kappa shape index (κ1) is 18.8. The monoisotopic (exact) mass is 452 g/mol. The Morgan fingerprint density at radius 2 is 1.73 bits per heavy atom. The van der Waals surface area contributed by atoms with Crippen LogP contribution in [0, 0.1) is 0 Å². The number of nitrogens with one attached hydrogen (secondary N) is 1. The number of sulfonamides is 1. The van der Waals surface area contributed by atoms with E-state index in [-0.39, 0.29) is 11.4 Å². The number of rotatable bonds is 6. The number of furan rings is 1. The maximum absolute atomic E-state index is 12.3. The van der Waals surface area contributed by atoms with Crippen molar-refractivity contribution in [1.29, 1.82) is 0 Å². The fourth-order valence-electron chi connectivity index (χ4n) is 2.09. The van der Waals surface area contributed by atoms with Crippen molar-refractivity contribution in [2.45, 2.75) is 11.4 Å². The lowest BCUT2D eigenvalue weighted by Gasteiger charge is -2.05. The molecule has 0 aliphatic rings. The highest BCUT2D eigenvalue weighted by Crippen LogP contribution is 2.17. The summed E-state index contributed by atoms with van der Waals surface area (Å²) < 4.78 is 33.4. The molecule has 5 nitrogen and oxygen atoms in total. The minimum atomic E-state index is -3.60. The third-order valence-corrected chi connectivity index (χ3v) is 5.61. The number of benzene rings is 2. The first-order valence-electron chi connectivity index (χ1n) is 7.56. The normalized spacial score (nSPS) is 11.9. The van der Waals surface area contributed by atoms with Crippen LogP contribution in [-0.4, -0.2) is 14.6 Å². The fraction of sp³-hybridized carbons (Fsp3) is 0.0556. The van der Waals surface area contributed by atoms with Crippen LogP contribution in [0.25, 0.3) is 0 Å². The molecular formula is C18H14BrClN2O3S. The highest BCUT2D eigenvalue weighted by Gasteiger charge is 2.14. The average molecular weight is 454 g/mol. The summed E-state index contributed by atoms with van der Waals surface area (Å²) in [4.78, 5) is 4.47. The maximum atomic E-state index is 12.3. The second-order valence-electron chi connectivity index (χ2n) is 5.32. The zero-order valence-electron chi connectivity index (χ0n) is 13.4. The topological polar surface area (TPSA) is 71.7 Å². The van der Waals surface area contributed by atoms with Crippen molar-refractivity contribution in [2.24, 2.45) is 4.99 Å².